The average Bonchev–Trinajstić information content (AvgIpc) is 2.58. The highest BCUT2D eigenvalue weighted by atomic mass is 127. The lowest BCUT2D eigenvalue weighted by Crippen LogP contribution is -2.03. The third-order valence-electron chi connectivity index (χ3n) is 3.28. The fourth-order valence-electron chi connectivity index (χ4n) is 2.31. The van der Waals surface area contributed by atoms with Gasteiger partial charge >= 0.3 is 5.63 Å². The third kappa shape index (κ3) is 4.07. The summed E-state index contributed by atoms with van der Waals surface area (Å²) in [5.74, 6) is 0.646. The second kappa shape index (κ2) is 7.85. The minimum Gasteiger partial charge on any atom is -0.491 e. The maximum atomic E-state index is 11.9. The lowest BCUT2D eigenvalue weighted by atomic mass is 10.0. The molecule has 4 nitrogen and oxygen atoms in total. The Balaban J connectivity index is 1.96. The van der Waals surface area contributed by atoms with Gasteiger partial charge in [-0.05, 0) is 23.3 Å². The Morgan fingerprint density at radius 3 is 2.65 bits per heavy atom. The van der Waals surface area contributed by atoms with Crippen LogP contribution in [0.25, 0.3) is 22.1 Å². The van der Waals surface area contributed by atoms with Crippen LogP contribution < -0.4 is 10.4 Å². The van der Waals surface area contributed by atoms with Crippen molar-refractivity contribution in [1.82, 2.24) is 0 Å². The summed E-state index contributed by atoms with van der Waals surface area (Å²) in [5, 5.41) is 0.877. The number of halogens is 1. The van der Waals surface area contributed by atoms with Crippen LogP contribution in [0.5, 0.6) is 5.75 Å². The topological polar surface area (TPSA) is 48.7 Å². The quantitative estimate of drug-likeness (QED) is 0.237. The number of ether oxygens (including phenoxy) is 1. The van der Waals surface area contributed by atoms with Gasteiger partial charge in [-0.15, -0.1) is 0 Å². The normalized spacial score (nSPS) is 10.8. The predicted octanol–water partition coefficient (Wildman–Crippen LogP) is 4.85. The van der Waals surface area contributed by atoms with Gasteiger partial charge in [0.2, 0.25) is 0 Å². The molecule has 1 aromatic heterocycles. The molecule has 0 fully saturated rings. The lowest BCUT2D eigenvalue weighted by molar-refractivity contribution is 0.241. The molecule has 23 heavy (non-hydrogen) atoms. The second-order valence-corrected chi connectivity index (χ2v) is 6.18. The molecule has 0 unspecified atom stereocenters. The molecule has 2 aromatic carbocycles. The van der Waals surface area contributed by atoms with E-state index < -0.39 is 0 Å². The molecular weight excluding hydrogens is 427 g/mol. The Morgan fingerprint density at radius 1 is 1.04 bits per heavy atom. The van der Waals surface area contributed by atoms with Crippen LogP contribution in [0.15, 0.2) is 63.8 Å². The molecule has 0 atom stereocenters. The largest absolute Gasteiger partial charge is 0.491 e. The van der Waals surface area contributed by atoms with Crippen molar-refractivity contribution in [2.24, 2.45) is 0 Å². The summed E-state index contributed by atoms with van der Waals surface area (Å²) in [6, 6.07) is 16.8. The highest BCUT2D eigenvalue weighted by Crippen LogP contribution is 2.29. The standard InChI is InChI=1S/C17H13IO4S/c18-23-21-9-8-20-13-6-7-14-15(12-4-2-1-3-5-12)11-17(19)22-16(14)10-13/h1-7,10-11H,8-9H2. The third-order valence-corrected chi connectivity index (χ3v) is 4.30. The molecule has 0 saturated heterocycles. The van der Waals surface area contributed by atoms with E-state index in [1.165, 1.54) is 15.3 Å². The highest BCUT2D eigenvalue weighted by Gasteiger charge is 2.09. The van der Waals surface area contributed by atoms with Crippen molar-refractivity contribution in [1.29, 1.82) is 0 Å². The Bertz CT molecular complexity index is 848. The number of rotatable bonds is 6. The van der Waals surface area contributed by atoms with E-state index in [1.807, 2.05) is 42.5 Å². The van der Waals surface area contributed by atoms with Crippen LogP contribution in [0, 0.1) is 0 Å². The zero-order valence-electron chi connectivity index (χ0n) is 12.0. The first kappa shape index (κ1) is 16.4. The van der Waals surface area contributed by atoms with Crippen LogP contribution in [0.2, 0.25) is 0 Å². The summed E-state index contributed by atoms with van der Waals surface area (Å²) >= 11 is 2.06. The zero-order valence-corrected chi connectivity index (χ0v) is 15.0. The van der Waals surface area contributed by atoms with E-state index in [4.69, 9.17) is 13.3 Å². The molecule has 3 rings (SSSR count). The molecule has 0 saturated carbocycles. The molecule has 3 aromatic rings. The molecule has 0 aliphatic rings. The minimum absolute atomic E-state index is 0.377. The fraction of sp³-hybridized carbons (Fsp3) is 0.118. The number of hydrogen-bond donors (Lipinski definition) is 0. The van der Waals surface area contributed by atoms with E-state index in [9.17, 15) is 4.79 Å². The first-order valence-corrected chi connectivity index (χ1v) is 10.2. The monoisotopic (exact) mass is 440 g/mol. The molecule has 0 aliphatic heterocycles. The highest BCUT2D eigenvalue weighted by molar-refractivity contribution is 14.2. The van der Waals surface area contributed by atoms with Crippen LogP contribution in [0.3, 0.4) is 0 Å². The molecular formula is C17H13IO4S. The van der Waals surface area contributed by atoms with Crippen molar-refractivity contribution in [2.75, 3.05) is 13.2 Å². The van der Waals surface area contributed by atoms with Crippen LogP contribution in [-0.4, -0.2) is 13.2 Å². The summed E-state index contributed by atoms with van der Waals surface area (Å²) < 4.78 is 16.1. The molecule has 0 radical (unpaired) electrons. The summed E-state index contributed by atoms with van der Waals surface area (Å²) in [6.45, 7) is 0.920. The van der Waals surface area contributed by atoms with Crippen molar-refractivity contribution in [3.05, 3.63) is 65.0 Å². The predicted molar refractivity (Wildman–Crippen MR) is 101 cm³/mol. The van der Waals surface area contributed by atoms with Crippen molar-refractivity contribution in [3.8, 4) is 16.9 Å². The molecule has 0 N–H and O–H groups in total. The number of fused-ring (bicyclic) bond motifs is 1. The van der Waals surface area contributed by atoms with Crippen molar-refractivity contribution in [2.45, 2.75) is 0 Å². The van der Waals surface area contributed by atoms with Gasteiger partial charge in [-0.25, -0.2) is 4.79 Å². The van der Waals surface area contributed by atoms with Gasteiger partial charge < -0.3 is 13.3 Å². The van der Waals surface area contributed by atoms with Gasteiger partial charge in [-0.1, -0.05) is 30.3 Å². The smallest absolute Gasteiger partial charge is 0.336 e. The first-order chi connectivity index (χ1) is 11.3. The van der Waals surface area contributed by atoms with Crippen molar-refractivity contribution < 1.29 is 13.3 Å². The van der Waals surface area contributed by atoms with Crippen LogP contribution >= 0.6 is 30.4 Å². The average molecular weight is 440 g/mol. The van der Waals surface area contributed by atoms with E-state index in [0.29, 0.717) is 24.5 Å². The van der Waals surface area contributed by atoms with E-state index >= 15 is 0 Å². The van der Waals surface area contributed by atoms with E-state index in [2.05, 4.69) is 21.2 Å². The molecule has 0 amide bonds. The van der Waals surface area contributed by atoms with Crippen molar-refractivity contribution in [3.63, 3.8) is 0 Å². The van der Waals surface area contributed by atoms with Gasteiger partial charge in [0.15, 0.2) is 0 Å². The fourth-order valence-corrected chi connectivity index (χ4v) is 2.98. The second-order valence-electron chi connectivity index (χ2n) is 4.74. The number of hydrogen-bond acceptors (Lipinski definition) is 5. The Hall–Kier alpha value is -1.51. The SMILES string of the molecule is O=c1cc(-c2ccccc2)c2ccc(OCCOSI)cc2o1. The summed E-state index contributed by atoms with van der Waals surface area (Å²) in [5.41, 5.74) is 1.97. The van der Waals surface area contributed by atoms with E-state index in [-0.39, 0.29) is 5.63 Å². The maximum Gasteiger partial charge on any atom is 0.336 e. The Morgan fingerprint density at radius 2 is 1.87 bits per heavy atom. The van der Waals surface area contributed by atoms with E-state index in [1.54, 1.807) is 6.07 Å². The minimum atomic E-state index is -0.377. The molecule has 1 heterocycles. The zero-order chi connectivity index (χ0) is 16.1. The van der Waals surface area contributed by atoms with Crippen LogP contribution in [0.4, 0.5) is 0 Å². The van der Waals surface area contributed by atoms with Gasteiger partial charge in [0.05, 0.1) is 15.8 Å². The molecule has 0 spiro atoms. The van der Waals surface area contributed by atoms with Crippen LogP contribution in [0.1, 0.15) is 0 Å². The van der Waals surface area contributed by atoms with Gasteiger partial charge in [0, 0.05) is 38.7 Å². The van der Waals surface area contributed by atoms with Crippen molar-refractivity contribution >= 4 is 41.4 Å². The van der Waals surface area contributed by atoms with Gasteiger partial charge in [0.25, 0.3) is 0 Å². The van der Waals surface area contributed by atoms with Gasteiger partial charge in [0.1, 0.15) is 17.9 Å². The molecule has 0 aliphatic carbocycles. The van der Waals surface area contributed by atoms with Gasteiger partial charge in [-0.3, -0.25) is 0 Å². The molecule has 6 heteroatoms. The summed E-state index contributed by atoms with van der Waals surface area (Å²) in [4.78, 5) is 11.9. The summed E-state index contributed by atoms with van der Waals surface area (Å²) in [6.07, 6.45) is 0. The van der Waals surface area contributed by atoms with Crippen LogP contribution in [-0.2, 0) is 4.18 Å². The Labute approximate surface area is 149 Å². The van der Waals surface area contributed by atoms with Gasteiger partial charge in [-0.2, -0.15) is 0 Å². The Kier molecular flexibility index (Phi) is 5.58. The lowest BCUT2D eigenvalue weighted by Gasteiger charge is -2.09. The number of benzene rings is 2. The maximum absolute atomic E-state index is 11.9. The molecule has 118 valence electrons. The molecule has 0 bridgehead atoms. The van der Waals surface area contributed by atoms with E-state index in [0.717, 1.165) is 16.5 Å². The summed E-state index contributed by atoms with van der Waals surface area (Å²) in [7, 11) is 1.27. The first-order valence-electron chi connectivity index (χ1n) is 6.94.